The summed E-state index contributed by atoms with van der Waals surface area (Å²) in [5.74, 6) is 0.0431. The van der Waals surface area contributed by atoms with Gasteiger partial charge in [0.2, 0.25) is 11.8 Å². The summed E-state index contributed by atoms with van der Waals surface area (Å²) in [4.78, 5) is 25.0. The largest absolute Gasteiger partial charge is 0.356 e. The highest BCUT2D eigenvalue weighted by atomic mass is 16.2. The van der Waals surface area contributed by atoms with Gasteiger partial charge >= 0.3 is 0 Å². The van der Waals surface area contributed by atoms with Crippen LogP contribution in [0.1, 0.15) is 39.5 Å². The molecule has 1 fully saturated rings. The van der Waals surface area contributed by atoms with Crippen LogP contribution in [0.25, 0.3) is 0 Å². The topological polar surface area (TPSA) is 75.4 Å². The summed E-state index contributed by atoms with van der Waals surface area (Å²) in [6.07, 6.45) is 2.86. The van der Waals surface area contributed by atoms with Gasteiger partial charge in [-0.2, -0.15) is 0 Å². The Morgan fingerprint density at radius 3 is 2.41 bits per heavy atom. The molecule has 0 aromatic rings. The smallest absolute Gasteiger partial charge is 0.224 e. The Balaban J connectivity index is 2.14. The Morgan fingerprint density at radius 1 is 1.29 bits per heavy atom. The molecular weight excluding hydrogens is 218 g/mol. The van der Waals surface area contributed by atoms with Gasteiger partial charge in [-0.15, -0.1) is 0 Å². The lowest BCUT2D eigenvalue weighted by Crippen LogP contribution is -2.40. The number of nitrogens with two attached hydrogens (primary N) is 1. The summed E-state index contributed by atoms with van der Waals surface area (Å²) in [7, 11) is 0. The van der Waals surface area contributed by atoms with Gasteiger partial charge in [-0.05, 0) is 26.7 Å². The first-order valence-corrected chi connectivity index (χ1v) is 6.22. The van der Waals surface area contributed by atoms with E-state index in [9.17, 15) is 9.59 Å². The SMILES string of the molecule is CC(C)(N)CC(=O)NCCC(=O)N1CCCC1. The Labute approximate surface area is 103 Å². The zero-order valence-electron chi connectivity index (χ0n) is 10.8. The highest BCUT2D eigenvalue weighted by molar-refractivity contribution is 5.79. The molecular formula is C12H23N3O2. The number of amides is 2. The molecule has 0 atom stereocenters. The molecule has 0 aromatic heterocycles. The molecule has 0 unspecified atom stereocenters. The molecule has 0 spiro atoms. The number of hydrogen-bond donors (Lipinski definition) is 2. The summed E-state index contributed by atoms with van der Waals surface area (Å²) >= 11 is 0. The van der Waals surface area contributed by atoms with E-state index in [4.69, 9.17) is 5.73 Å². The van der Waals surface area contributed by atoms with Crippen LogP contribution in [0.2, 0.25) is 0 Å². The monoisotopic (exact) mass is 241 g/mol. The van der Waals surface area contributed by atoms with E-state index in [1.54, 1.807) is 0 Å². The van der Waals surface area contributed by atoms with Crippen molar-refractivity contribution in [3.05, 3.63) is 0 Å². The number of nitrogens with zero attached hydrogens (tertiary/aromatic N) is 1. The average molecular weight is 241 g/mol. The van der Waals surface area contributed by atoms with Gasteiger partial charge in [0.1, 0.15) is 0 Å². The molecule has 0 saturated carbocycles. The predicted octanol–water partition coefficient (Wildman–Crippen LogP) is 0.243. The predicted molar refractivity (Wildman–Crippen MR) is 66.3 cm³/mol. The third-order valence-corrected chi connectivity index (χ3v) is 2.74. The fourth-order valence-electron chi connectivity index (χ4n) is 1.91. The van der Waals surface area contributed by atoms with Crippen LogP contribution >= 0.6 is 0 Å². The Hall–Kier alpha value is -1.10. The van der Waals surface area contributed by atoms with Crippen molar-refractivity contribution in [2.24, 2.45) is 5.73 Å². The molecule has 1 aliphatic rings. The molecule has 98 valence electrons. The standard InChI is InChI=1S/C12H23N3O2/c1-12(2,13)9-10(16)14-6-5-11(17)15-7-3-4-8-15/h3-9,13H2,1-2H3,(H,14,16). The quantitative estimate of drug-likeness (QED) is 0.724. The van der Waals surface area contributed by atoms with Crippen molar-refractivity contribution >= 4 is 11.8 Å². The molecule has 0 aliphatic carbocycles. The summed E-state index contributed by atoms with van der Waals surface area (Å²) < 4.78 is 0. The van der Waals surface area contributed by atoms with E-state index in [0.717, 1.165) is 25.9 Å². The van der Waals surface area contributed by atoms with Gasteiger partial charge < -0.3 is 16.0 Å². The van der Waals surface area contributed by atoms with Gasteiger partial charge in [0.05, 0.1) is 0 Å². The van der Waals surface area contributed by atoms with Gasteiger partial charge in [0.15, 0.2) is 0 Å². The number of rotatable bonds is 5. The third-order valence-electron chi connectivity index (χ3n) is 2.74. The molecule has 5 nitrogen and oxygen atoms in total. The van der Waals surface area contributed by atoms with Gasteiger partial charge in [-0.25, -0.2) is 0 Å². The van der Waals surface area contributed by atoms with Crippen molar-refractivity contribution in [1.29, 1.82) is 0 Å². The Kier molecular flexibility index (Phi) is 4.93. The second-order valence-electron chi connectivity index (χ2n) is 5.35. The molecule has 1 aliphatic heterocycles. The van der Waals surface area contributed by atoms with Crippen LogP contribution < -0.4 is 11.1 Å². The van der Waals surface area contributed by atoms with Crippen LogP contribution in [0.4, 0.5) is 0 Å². The van der Waals surface area contributed by atoms with Gasteiger partial charge in [0, 0.05) is 38.0 Å². The van der Waals surface area contributed by atoms with Crippen LogP contribution in [0.5, 0.6) is 0 Å². The lowest BCUT2D eigenvalue weighted by molar-refractivity contribution is -0.130. The third kappa shape index (κ3) is 5.68. The summed E-state index contributed by atoms with van der Waals surface area (Å²) in [6.45, 7) is 5.75. The maximum Gasteiger partial charge on any atom is 0.224 e. The van der Waals surface area contributed by atoms with E-state index >= 15 is 0 Å². The lowest BCUT2D eigenvalue weighted by Gasteiger charge is -2.18. The van der Waals surface area contributed by atoms with E-state index < -0.39 is 5.54 Å². The molecule has 0 radical (unpaired) electrons. The fourth-order valence-corrected chi connectivity index (χ4v) is 1.91. The highest BCUT2D eigenvalue weighted by Gasteiger charge is 2.19. The second kappa shape index (κ2) is 6.00. The molecule has 0 bridgehead atoms. The molecule has 1 saturated heterocycles. The first kappa shape index (κ1) is 14.0. The van der Waals surface area contributed by atoms with Crippen molar-refractivity contribution in [2.45, 2.75) is 45.1 Å². The molecule has 5 heteroatoms. The summed E-state index contributed by atoms with van der Waals surface area (Å²) in [5, 5.41) is 2.73. The zero-order chi connectivity index (χ0) is 12.9. The van der Waals surface area contributed by atoms with Crippen LogP contribution in [-0.2, 0) is 9.59 Å². The van der Waals surface area contributed by atoms with E-state index in [-0.39, 0.29) is 18.2 Å². The van der Waals surface area contributed by atoms with E-state index in [2.05, 4.69) is 5.32 Å². The van der Waals surface area contributed by atoms with Gasteiger partial charge in [-0.1, -0.05) is 0 Å². The van der Waals surface area contributed by atoms with Crippen LogP contribution in [0.3, 0.4) is 0 Å². The van der Waals surface area contributed by atoms with Crippen molar-refractivity contribution in [3.63, 3.8) is 0 Å². The van der Waals surface area contributed by atoms with Crippen LogP contribution in [0.15, 0.2) is 0 Å². The van der Waals surface area contributed by atoms with Crippen molar-refractivity contribution < 1.29 is 9.59 Å². The van der Waals surface area contributed by atoms with E-state index in [1.165, 1.54) is 0 Å². The zero-order valence-corrected chi connectivity index (χ0v) is 10.8. The maximum absolute atomic E-state index is 11.7. The van der Waals surface area contributed by atoms with Crippen molar-refractivity contribution in [1.82, 2.24) is 10.2 Å². The minimum Gasteiger partial charge on any atom is -0.356 e. The first-order chi connectivity index (χ1) is 7.88. The fraction of sp³-hybridized carbons (Fsp3) is 0.833. The molecule has 17 heavy (non-hydrogen) atoms. The number of hydrogen-bond acceptors (Lipinski definition) is 3. The first-order valence-electron chi connectivity index (χ1n) is 6.22. The van der Waals surface area contributed by atoms with Crippen LogP contribution in [0, 0.1) is 0 Å². The maximum atomic E-state index is 11.7. The number of carbonyl (C=O) groups excluding carboxylic acids is 2. The minimum atomic E-state index is -0.497. The van der Waals surface area contributed by atoms with Gasteiger partial charge in [0.25, 0.3) is 0 Å². The van der Waals surface area contributed by atoms with Crippen molar-refractivity contribution in [2.75, 3.05) is 19.6 Å². The molecule has 3 N–H and O–H groups in total. The number of carbonyl (C=O) groups is 2. The molecule has 2 amide bonds. The normalized spacial score (nSPS) is 16.1. The Bertz CT molecular complexity index is 278. The summed E-state index contributed by atoms with van der Waals surface area (Å²) in [6, 6.07) is 0. The Morgan fingerprint density at radius 2 is 1.88 bits per heavy atom. The van der Waals surface area contributed by atoms with Crippen LogP contribution in [-0.4, -0.2) is 41.9 Å². The molecule has 1 heterocycles. The van der Waals surface area contributed by atoms with E-state index in [1.807, 2.05) is 18.7 Å². The average Bonchev–Trinajstić information content (AvgIpc) is 2.66. The molecule has 1 rings (SSSR count). The van der Waals surface area contributed by atoms with Gasteiger partial charge in [-0.3, -0.25) is 9.59 Å². The van der Waals surface area contributed by atoms with Crippen molar-refractivity contribution in [3.8, 4) is 0 Å². The highest BCUT2D eigenvalue weighted by Crippen LogP contribution is 2.08. The second-order valence-corrected chi connectivity index (χ2v) is 5.35. The lowest BCUT2D eigenvalue weighted by atomic mass is 10.0. The molecule has 0 aromatic carbocycles. The van der Waals surface area contributed by atoms with E-state index in [0.29, 0.717) is 13.0 Å². The minimum absolute atomic E-state index is 0.0910. The number of nitrogens with one attached hydrogen (secondary N) is 1. The number of likely N-dealkylation sites (tertiary alicyclic amines) is 1. The summed E-state index contributed by atoms with van der Waals surface area (Å²) in [5.41, 5.74) is 5.23.